The number of nitrogens with one attached hydrogen (secondary N) is 1. The maximum Gasteiger partial charge on any atom is 0.326 e. The minimum absolute atomic E-state index is 0.00402. The molecule has 1 aromatic carbocycles. The largest absolute Gasteiger partial charge is 0.495 e. The van der Waals surface area contributed by atoms with Gasteiger partial charge in [-0.05, 0) is 36.0 Å². The first-order valence-corrected chi connectivity index (χ1v) is 9.68. The molecule has 0 unspecified atom stereocenters. The van der Waals surface area contributed by atoms with E-state index in [1.165, 1.54) is 6.07 Å². The van der Waals surface area contributed by atoms with Gasteiger partial charge in [0.1, 0.15) is 22.2 Å². The summed E-state index contributed by atoms with van der Waals surface area (Å²) in [7, 11) is 1.56. The third-order valence-corrected chi connectivity index (χ3v) is 5.54. The molecule has 0 amide bonds. The maximum absolute atomic E-state index is 11.2. The van der Waals surface area contributed by atoms with E-state index in [9.17, 15) is 10.1 Å². The van der Waals surface area contributed by atoms with Gasteiger partial charge in [-0.25, -0.2) is 9.97 Å². The van der Waals surface area contributed by atoms with Crippen LogP contribution in [0.3, 0.4) is 0 Å². The number of rotatable bonds is 6. The fraction of sp³-hybridized carbons (Fsp3) is 0.167. The second kappa shape index (κ2) is 7.64. The first kappa shape index (κ1) is 19.1. The van der Waals surface area contributed by atoms with E-state index in [2.05, 4.69) is 20.3 Å². The van der Waals surface area contributed by atoms with Crippen LogP contribution in [-0.2, 0) is 6.54 Å². The molecule has 0 atom stereocenters. The standard InChI is InChI=1S/C18H15ClN6O3S/c1-10-20-5-6-24(10)18-22-16(12-8-15(25(26)27)29-17(12)23-18)21-9-11-3-4-14(28-2)13(19)7-11/h3-8H,9H2,1-2H3,(H,21,22,23). The lowest BCUT2D eigenvalue weighted by atomic mass is 10.2. The molecule has 0 saturated carbocycles. The van der Waals surface area contributed by atoms with E-state index >= 15 is 0 Å². The monoisotopic (exact) mass is 430 g/mol. The summed E-state index contributed by atoms with van der Waals surface area (Å²) >= 11 is 7.20. The number of thiophene rings is 1. The van der Waals surface area contributed by atoms with Crippen LogP contribution >= 0.6 is 22.9 Å². The molecule has 0 aliphatic heterocycles. The molecule has 0 aliphatic rings. The van der Waals surface area contributed by atoms with Gasteiger partial charge >= 0.3 is 5.00 Å². The highest BCUT2D eigenvalue weighted by Gasteiger charge is 2.18. The number of aryl methyl sites for hydroxylation is 1. The van der Waals surface area contributed by atoms with E-state index in [0.717, 1.165) is 16.9 Å². The molecule has 11 heteroatoms. The Balaban J connectivity index is 1.74. The lowest BCUT2D eigenvalue weighted by Gasteiger charge is -2.11. The molecule has 148 valence electrons. The summed E-state index contributed by atoms with van der Waals surface area (Å²) < 4.78 is 6.89. The van der Waals surface area contributed by atoms with E-state index in [4.69, 9.17) is 16.3 Å². The van der Waals surface area contributed by atoms with Crippen molar-refractivity contribution in [1.82, 2.24) is 19.5 Å². The molecule has 0 spiro atoms. The highest BCUT2D eigenvalue weighted by atomic mass is 35.5. The predicted octanol–water partition coefficient (Wildman–Crippen LogP) is 4.37. The minimum Gasteiger partial charge on any atom is -0.495 e. The van der Waals surface area contributed by atoms with Crippen LogP contribution in [0.15, 0.2) is 36.7 Å². The van der Waals surface area contributed by atoms with Gasteiger partial charge in [-0.3, -0.25) is 14.7 Å². The predicted molar refractivity (Wildman–Crippen MR) is 111 cm³/mol. The Kier molecular flexibility index (Phi) is 5.03. The van der Waals surface area contributed by atoms with Crippen molar-refractivity contribution in [3.05, 3.63) is 63.2 Å². The van der Waals surface area contributed by atoms with Crippen molar-refractivity contribution < 1.29 is 9.66 Å². The molecular formula is C18H15ClN6O3S. The third-order valence-electron chi connectivity index (χ3n) is 4.27. The van der Waals surface area contributed by atoms with Gasteiger partial charge in [0.2, 0.25) is 5.95 Å². The first-order valence-electron chi connectivity index (χ1n) is 8.49. The van der Waals surface area contributed by atoms with Crippen LogP contribution < -0.4 is 10.1 Å². The second-order valence-corrected chi connectivity index (χ2v) is 7.52. The van der Waals surface area contributed by atoms with E-state index in [1.54, 1.807) is 36.2 Å². The Morgan fingerprint density at radius 2 is 2.17 bits per heavy atom. The molecule has 3 aromatic heterocycles. The summed E-state index contributed by atoms with van der Waals surface area (Å²) in [5.41, 5.74) is 0.910. The SMILES string of the molecule is COc1ccc(CNc2nc(-n3ccnc3C)nc3sc([N+](=O)[O-])cc23)cc1Cl. The van der Waals surface area contributed by atoms with Gasteiger partial charge in [0.25, 0.3) is 0 Å². The van der Waals surface area contributed by atoms with Crippen LogP contribution in [0.4, 0.5) is 10.8 Å². The minimum atomic E-state index is -0.429. The highest BCUT2D eigenvalue weighted by Crippen LogP contribution is 2.34. The molecule has 3 heterocycles. The zero-order valence-electron chi connectivity index (χ0n) is 15.4. The number of halogens is 1. The molecule has 0 radical (unpaired) electrons. The number of aromatic nitrogens is 4. The normalized spacial score (nSPS) is 11.0. The number of benzene rings is 1. The van der Waals surface area contributed by atoms with Gasteiger partial charge in [-0.15, -0.1) is 0 Å². The van der Waals surface area contributed by atoms with Crippen LogP contribution in [0.5, 0.6) is 5.75 Å². The van der Waals surface area contributed by atoms with E-state index in [-0.39, 0.29) is 5.00 Å². The molecule has 29 heavy (non-hydrogen) atoms. The van der Waals surface area contributed by atoms with E-state index in [0.29, 0.717) is 45.1 Å². The van der Waals surface area contributed by atoms with Crippen LogP contribution in [-0.4, -0.2) is 31.6 Å². The Morgan fingerprint density at radius 3 is 2.83 bits per heavy atom. The summed E-state index contributed by atoms with van der Waals surface area (Å²) in [6, 6.07) is 6.94. The fourth-order valence-electron chi connectivity index (χ4n) is 2.82. The Bertz CT molecular complexity index is 1220. The van der Waals surface area contributed by atoms with Crippen LogP contribution in [0.1, 0.15) is 11.4 Å². The molecule has 0 bridgehead atoms. The topological polar surface area (TPSA) is 108 Å². The molecule has 0 saturated heterocycles. The molecular weight excluding hydrogens is 416 g/mol. The molecule has 0 aliphatic carbocycles. The Labute approximate surface area is 174 Å². The maximum atomic E-state index is 11.2. The zero-order chi connectivity index (χ0) is 20.5. The van der Waals surface area contributed by atoms with Gasteiger partial charge < -0.3 is 10.1 Å². The highest BCUT2D eigenvalue weighted by molar-refractivity contribution is 7.21. The lowest BCUT2D eigenvalue weighted by molar-refractivity contribution is -0.380. The van der Waals surface area contributed by atoms with Crippen molar-refractivity contribution in [3.63, 3.8) is 0 Å². The quantitative estimate of drug-likeness (QED) is 0.357. The molecule has 4 aromatic rings. The van der Waals surface area contributed by atoms with Crippen LogP contribution in [0.2, 0.25) is 5.02 Å². The summed E-state index contributed by atoms with van der Waals surface area (Å²) in [6.45, 7) is 2.25. The number of hydrogen-bond acceptors (Lipinski definition) is 8. The number of imidazole rings is 1. The number of hydrogen-bond donors (Lipinski definition) is 1. The number of nitrogens with zero attached hydrogens (tertiary/aromatic N) is 5. The van der Waals surface area contributed by atoms with E-state index < -0.39 is 4.92 Å². The van der Waals surface area contributed by atoms with Gasteiger partial charge in [0.15, 0.2) is 0 Å². The first-order chi connectivity index (χ1) is 14.0. The second-order valence-electron chi connectivity index (χ2n) is 6.10. The average Bonchev–Trinajstić information content (AvgIpc) is 3.32. The van der Waals surface area contributed by atoms with Gasteiger partial charge in [-0.2, -0.15) is 4.98 Å². The summed E-state index contributed by atoms with van der Waals surface area (Å²) in [5, 5.41) is 15.6. The van der Waals surface area contributed by atoms with Crippen molar-refractivity contribution in [2.75, 3.05) is 12.4 Å². The zero-order valence-corrected chi connectivity index (χ0v) is 17.0. The van der Waals surface area contributed by atoms with Crippen molar-refractivity contribution in [2.45, 2.75) is 13.5 Å². The van der Waals surface area contributed by atoms with E-state index in [1.807, 2.05) is 13.0 Å². The van der Waals surface area contributed by atoms with Gasteiger partial charge in [-0.1, -0.05) is 17.7 Å². The van der Waals surface area contributed by atoms with Crippen molar-refractivity contribution >= 4 is 44.0 Å². The molecule has 4 rings (SSSR count). The lowest BCUT2D eigenvalue weighted by Crippen LogP contribution is -2.07. The number of fused-ring (bicyclic) bond motifs is 1. The molecule has 0 fully saturated rings. The molecule has 1 N–H and O–H groups in total. The van der Waals surface area contributed by atoms with Crippen molar-refractivity contribution in [3.8, 4) is 11.7 Å². The Hall–Kier alpha value is -3.24. The van der Waals surface area contributed by atoms with Gasteiger partial charge in [0.05, 0.1) is 22.4 Å². The average molecular weight is 431 g/mol. The van der Waals surface area contributed by atoms with Crippen molar-refractivity contribution in [2.24, 2.45) is 0 Å². The van der Waals surface area contributed by atoms with Crippen LogP contribution in [0, 0.1) is 17.0 Å². The summed E-state index contributed by atoms with van der Waals surface area (Å²) in [6.07, 6.45) is 3.39. The van der Waals surface area contributed by atoms with Gasteiger partial charge in [0, 0.05) is 25.0 Å². The van der Waals surface area contributed by atoms with Crippen LogP contribution in [0.25, 0.3) is 16.2 Å². The fourth-order valence-corrected chi connectivity index (χ4v) is 3.95. The number of methoxy groups -OCH3 is 1. The smallest absolute Gasteiger partial charge is 0.326 e. The third kappa shape index (κ3) is 3.71. The number of ether oxygens (including phenoxy) is 1. The summed E-state index contributed by atoms with van der Waals surface area (Å²) in [5.74, 6) is 2.18. The Morgan fingerprint density at radius 1 is 1.34 bits per heavy atom. The number of nitro groups is 1. The van der Waals surface area contributed by atoms with Crippen molar-refractivity contribution in [1.29, 1.82) is 0 Å². The summed E-state index contributed by atoms with van der Waals surface area (Å²) in [4.78, 5) is 24.6. The molecule has 9 nitrogen and oxygen atoms in total. The number of anilines is 1.